The molecule has 1 aromatic carbocycles. The lowest BCUT2D eigenvalue weighted by Crippen LogP contribution is -2.17. The molecule has 0 atom stereocenters. The van der Waals surface area contributed by atoms with Crippen molar-refractivity contribution < 1.29 is 12.8 Å². The van der Waals surface area contributed by atoms with E-state index in [0.29, 0.717) is 5.56 Å². The average molecular weight is 282 g/mol. The zero-order chi connectivity index (χ0) is 14.2. The summed E-state index contributed by atoms with van der Waals surface area (Å²) in [6.07, 6.45) is 0. The molecule has 1 aromatic heterocycles. The molecule has 0 aliphatic heterocycles. The average Bonchev–Trinajstić information content (AvgIpc) is 2.68. The van der Waals surface area contributed by atoms with Crippen molar-refractivity contribution in [1.29, 1.82) is 0 Å². The highest BCUT2D eigenvalue weighted by molar-refractivity contribution is 7.93. The first kappa shape index (κ1) is 13.3. The van der Waals surface area contributed by atoms with Gasteiger partial charge in [-0.25, -0.2) is 13.1 Å². The van der Waals surface area contributed by atoms with Crippen LogP contribution in [-0.2, 0) is 10.0 Å². The molecule has 0 fully saturated rings. The Hall–Kier alpha value is -2.09. The molecular weight excluding hydrogens is 268 g/mol. The summed E-state index contributed by atoms with van der Waals surface area (Å²) < 4.78 is 31.8. The molecular formula is C11H14N4O3S. The van der Waals surface area contributed by atoms with E-state index >= 15 is 0 Å². The molecule has 7 nitrogen and oxygen atoms in total. The fourth-order valence-corrected chi connectivity index (χ4v) is 3.03. The molecule has 0 bridgehead atoms. The van der Waals surface area contributed by atoms with Gasteiger partial charge in [-0.1, -0.05) is 11.2 Å². The smallest absolute Gasteiger partial charge is 0.329 e. The maximum Gasteiger partial charge on any atom is 0.329 e. The van der Waals surface area contributed by atoms with Crippen LogP contribution in [0.5, 0.6) is 0 Å². The molecule has 8 heteroatoms. The summed E-state index contributed by atoms with van der Waals surface area (Å²) in [5.41, 5.74) is 7.34. The SMILES string of the molecule is Cc1nnc(NS(=O)(=O)c2c(N)ccc(C)c2C)o1. The fourth-order valence-electron chi connectivity index (χ4n) is 1.67. The van der Waals surface area contributed by atoms with E-state index in [0.717, 1.165) is 5.56 Å². The molecule has 19 heavy (non-hydrogen) atoms. The quantitative estimate of drug-likeness (QED) is 0.823. The van der Waals surface area contributed by atoms with E-state index in [1.807, 2.05) is 6.92 Å². The highest BCUT2D eigenvalue weighted by atomic mass is 32.2. The van der Waals surface area contributed by atoms with Gasteiger partial charge in [-0.2, -0.15) is 0 Å². The van der Waals surface area contributed by atoms with Gasteiger partial charge in [-0.3, -0.25) is 0 Å². The maximum absolute atomic E-state index is 12.3. The first-order valence-corrected chi connectivity index (χ1v) is 6.98. The van der Waals surface area contributed by atoms with Gasteiger partial charge in [0.25, 0.3) is 10.0 Å². The highest BCUT2D eigenvalue weighted by Crippen LogP contribution is 2.26. The second-order valence-electron chi connectivity index (χ2n) is 4.16. The van der Waals surface area contributed by atoms with Crippen molar-refractivity contribution in [3.05, 3.63) is 29.2 Å². The van der Waals surface area contributed by atoms with Crippen LogP contribution in [-0.4, -0.2) is 18.6 Å². The molecule has 2 rings (SSSR count). The van der Waals surface area contributed by atoms with Crippen LogP contribution >= 0.6 is 0 Å². The van der Waals surface area contributed by atoms with Crippen LogP contribution in [0.15, 0.2) is 21.4 Å². The maximum atomic E-state index is 12.3. The molecule has 0 saturated heterocycles. The Labute approximate surface area is 110 Å². The van der Waals surface area contributed by atoms with E-state index in [9.17, 15) is 8.42 Å². The number of rotatable bonds is 3. The molecule has 1 heterocycles. The number of benzene rings is 1. The molecule has 0 aliphatic carbocycles. The molecule has 0 aliphatic rings. The predicted octanol–water partition coefficient (Wildman–Crippen LogP) is 1.38. The first-order chi connectivity index (χ1) is 8.81. The van der Waals surface area contributed by atoms with Crippen molar-refractivity contribution >= 4 is 21.7 Å². The monoisotopic (exact) mass is 282 g/mol. The largest absolute Gasteiger partial charge is 0.408 e. The molecule has 0 spiro atoms. The number of sulfonamides is 1. The van der Waals surface area contributed by atoms with E-state index < -0.39 is 10.0 Å². The van der Waals surface area contributed by atoms with E-state index in [2.05, 4.69) is 14.9 Å². The van der Waals surface area contributed by atoms with Gasteiger partial charge in [0.2, 0.25) is 5.89 Å². The van der Waals surface area contributed by atoms with Crippen molar-refractivity contribution in [3.8, 4) is 0 Å². The number of aromatic nitrogens is 2. The van der Waals surface area contributed by atoms with Crippen LogP contribution in [0.2, 0.25) is 0 Å². The lowest BCUT2D eigenvalue weighted by Gasteiger charge is -2.12. The van der Waals surface area contributed by atoms with Gasteiger partial charge in [0, 0.05) is 6.92 Å². The van der Waals surface area contributed by atoms with Crippen LogP contribution in [0.3, 0.4) is 0 Å². The number of nitrogens with two attached hydrogens (primary N) is 1. The summed E-state index contributed by atoms with van der Waals surface area (Å²) >= 11 is 0. The van der Waals surface area contributed by atoms with Crippen molar-refractivity contribution in [2.75, 3.05) is 10.5 Å². The number of aryl methyl sites for hydroxylation is 2. The summed E-state index contributed by atoms with van der Waals surface area (Å²) in [7, 11) is -3.86. The third-order valence-corrected chi connectivity index (χ3v) is 4.25. The minimum Gasteiger partial charge on any atom is -0.408 e. The minimum atomic E-state index is -3.86. The number of nitrogen functional groups attached to an aromatic ring is 1. The topological polar surface area (TPSA) is 111 Å². The van der Waals surface area contributed by atoms with E-state index in [1.54, 1.807) is 26.0 Å². The Balaban J connectivity index is 2.48. The third-order valence-electron chi connectivity index (χ3n) is 2.72. The third kappa shape index (κ3) is 2.53. The van der Waals surface area contributed by atoms with Gasteiger partial charge >= 0.3 is 6.01 Å². The Morgan fingerprint density at radius 1 is 1.21 bits per heavy atom. The molecule has 102 valence electrons. The predicted molar refractivity (Wildman–Crippen MR) is 70.2 cm³/mol. The van der Waals surface area contributed by atoms with E-state index in [4.69, 9.17) is 10.2 Å². The molecule has 2 aromatic rings. The van der Waals surface area contributed by atoms with Crippen molar-refractivity contribution in [1.82, 2.24) is 10.2 Å². The van der Waals surface area contributed by atoms with Crippen molar-refractivity contribution in [3.63, 3.8) is 0 Å². The van der Waals surface area contributed by atoms with Gasteiger partial charge < -0.3 is 10.2 Å². The summed E-state index contributed by atoms with van der Waals surface area (Å²) in [5, 5.41) is 7.14. The summed E-state index contributed by atoms with van der Waals surface area (Å²) in [4.78, 5) is 0.0309. The molecule has 0 unspecified atom stereocenters. The second kappa shape index (κ2) is 4.54. The second-order valence-corrected chi connectivity index (χ2v) is 5.78. The van der Waals surface area contributed by atoms with Gasteiger partial charge in [-0.15, -0.1) is 5.10 Å². The van der Waals surface area contributed by atoms with Crippen LogP contribution in [0, 0.1) is 20.8 Å². The van der Waals surface area contributed by atoms with E-state index in [-0.39, 0.29) is 22.5 Å². The van der Waals surface area contributed by atoms with Crippen LogP contribution in [0.25, 0.3) is 0 Å². The Morgan fingerprint density at radius 2 is 1.89 bits per heavy atom. The van der Waals surface area contributed by atoms with Crippen molar-refractivity contribution in [2.45, 2.75) is 25.7 Å². The standard InChI is InChI=1S/C11H14N4O3S/c1-6-4-5-9(12)10(7(6)2)19(16,17)15-11-14-13-8(3)18-11/h4-5H,12H2,1-3H3,(H,14,15). The van der Waals surface area contributed by atoms with Crippen LogP contribution < -0.4 is 10.5 Å². The van der Waals surface area contributed by atoms with Crippen LogP contribution in [0.4, 0.5) is 11.7 Å². The molecule has 0 saturated carbocycles. The zero-order valence-electron chi connectivity index (χ0n) is 10.8. The Morgan fingerprint density at radius 3 is 2.47 bits per heavy atom. The first-order valence-electron chi connectivity index (χ1n) is 5.50. The number of hydrogen-bond donors (Lipinski definition) is 2. The number of nitrogens with one attached hydrogen (secondary N) is 1. The highest BCUT2D eigenvalue weighted by Gasteiger charge is 2.23. The molecule has 3 N–H and O–H groups in total. The minimum absolute atomic E-state index is 0.0309. The van der Waals surface area contributed by atoms with Crippen LogP contribution in [0.1, 0.15) is 17.0 Å². The lowest BCUT2D eigenvalue weighted by atomic mass is 10.1. The van der Waals surface area contributed by atoms with E-state index in [1.165, 1.54) is 0 Å². The van der Waals surface area contributed by atoms with Gasteiger partial charge in [-0.05, 0) is 31.0 Å². The number of nitrogens with zero attached hydrogens (tertiary/aromatic N) is 2. The Kier molecular flexibility index (Phi) is 3.19. The molecule has 0 radical (unpaired) electrons. The number of anilines is 2. The van der Waals surface area contributed by atoms with Gasteiger partial charge in [0.15, 0.2) is 0 Å². The Bertz CT molecular complexity index is 722. The van der Waals surface area contributed by atoms with Gasteiger partial charge in [0.05, 0.1) is 5.69 Å². The zero-order valence-corrected chi connectivity index (χ0v) is 11.6. The lowest BCUT2D eigenvalue weighted by molar-refractivity contribution is 0.534. The fraction of sp³-hybridized carbons (Fsp3) is 0.273. The summed E-state index contributed by atoms with van der Waals surface area (Å²) in [5.74, 6) is 0.270. The molecule has 0 amide bonds. The van der Waals surface area contributed by atoms with Gasteiger partial charge in [0.1, 0.15) is 4.90 Å². The normalized spacial score (nSPS) is 11.5. The van der Waals surface area contributed by atoms with Crippen molar-refractivity contribution in [2.24, 2.45) is 0 Å². The summed E-state index contributed by atoms with van der Waals surface area (Å²) in [6, 6.07) is 3.13. The summed E-state index contributed by atoms with van der Waals surface area (Å²) in [6.45, 7) is 5.07. The number of hydrogen-bond acceptors (Lipinski definition) is 6.